The Kier molecular flexibility index (Phi) is 5.69. The van der Waals surface area contributed by atoms with Crippen LogP contribution in [0.1, 0.15) is 41.8 Å². The zero-order valence-corrected chi connectivity index (χ0v) is 18.7. The third kappa shape index (κ3) is 4.08. The van der Waals surface area contributed by atoms with Crippen molar-refractivity contribution in [3.8, 4) is 11.6 Å². The average molecular weight is 529 g/mol. The number of halogens is 7. The molecule has 0 radical (unpaired) electrons. The monoisotopic (exact) mass is 529 g/mol. The molecule has 14 heteroatoms. The van der Waals surface area contributed by atoms with Crippen molar-refractivity contribution < 1.29 is 40.3 Å². The molecule has 1 saturated heterocycles. The van der Waals surface area contributed by atoms with Gasteiger partial charge in [0.15, 0.2) is 5.69 Å². The molecule has 0 spiro atoms. The summed E-state index contributed by atoms with van der Waals surface area (Å²) in [7, 11) is 0. The molecule has 37 heavy (non-hydrogen) atoms. The first-order valence-corrected chi connectivity index (χ1v) is 11.0. The Morgan fingerprint density at radius 1 is 1.11 bits per heavy atom. The van der Waals surface area contributed by atoms with Crippen molar-refractivity contribution in [2.75, 3.05) is 17.2 Å². The SMILES string of the molecule is Nc1cc(C(F)(F)F)c2nc1-c1nnc(o1)[C@](O)(C(F)(F)F)c1cc(ccc1F)C=CC[C@@H]1CCCN21. The Morgan fingerprint density at radius 2 is 1.86 bits per heavy atom. The average Bonchev–Trinajstić information content (AvgIpc) is 3.48. The molecule has 2 atom stereocenters. The van der Waals surface area contributed by atoms with Gasteiger partial charge in [-0.2, -0.15) is 26.3 Å². The molecule has 4 heterocycles. The summed E-state index contributed by atoms with van der Waals surface area (Å²) in [6, 6.07) is 2.92. The first kappa shape index (κ1) is 25.0. The fourth-order valence-electron chi connectivity index (χ4n) is 4.62. The van der Waals surface area contributed by atoms with Crippen LogP contribution >= 0.6 is 0 Å². The summed E-state index contributed by atoms with van der Waals surface area (Å²) in [4.78, 5) is 5.47. The Morgan fingerprint density at radius 3 is 2.57 bits per heavy atom. The van der Waals surface area contributed by atoms with Gasteiger partial charge in [0.25, 0.3) is 17.4 Å². The molecule has 2 aromatic heterocycles. The number of hydrogen-bond donors (Lipinski definition) is 2. The Bertz CT molecular complexity index is 1380. The van der Waals surface area contributed by atoms with Crippen molar-refractivity contribution in [3.05, 3.63) is 58.7 Å². The van der Waals surface area contributed by atoms with Crippen LogP contribution in [0.4, 0.5) is 42.2 Å². The molecule has 5 rings (SSSR count). The van der Waals surface area contributed by atoms with Gasteiger partial charge in [-0.1, -0.05) is 18.2 Å². The van der Waals surface area contributed by atoms with E-state index in [0.29, 0.717) is 18.9 Å². The van der Waals surface area contributed by atoms with Gasteiger partial charge in [0.1, 0.15) is 17.2 Å². The molecule has 0 saturated carbocycles. The van der Waals surface area contributed by atoms with Gasteiger partial charge in [0.05, 0.1) is 5.69 Å². The van der Waals surface area contributed by atoms with E-state index in [4.69, 9.17) is 10.2 Å². The van der Waals surface area contributed by atoms with Crippen LogP contribution in [0.25, 0.3) is 17.7 Å². The van der Waals surface area contributed by atoms with Crippen molar-refractivity contribution in [1.82, 2.24) is 15.2 Å². The number of alkyl halides is 6. The Balaban J connectivity index is 1.80. The molecule has 3 N–H and O–H groups in total. The van der Waals surface area contributed by atoms with E-state index in [1.165, 1.54) is 17.0 Å². The van der Waals surface area contributed by atoms with Gasteiger partial charge in [-0.15, -0.1) is 10.2 Å². The lowest BCUT2D eigenvalue weighted by Gasteiger charge is -2.28. The molecule has 0 unspecified atom stereocenters. The summed E-state index contributed by atoms with van der Waals surface area (Å²) < 4.78 is 104. The number of fused-ring (bicyclic) bond motifs is 9. The third-order valence-electron chi connectivity index (χ3n) is 6.43. The van der Waals surface area contributed by atoms with E-state index in [2.05, 4.69) is 15.2 Å². The van der Waals surface area contributed by atoms with Crippen molar-refractivity contribution >= 4 is 17.6 Å². The molecule has 7 nitrogen and oxygen atoms in total. The summed E-state index contributed by atoms with van der Waals surface area (Å²) in [5.74, 6) is -4.10. The molecule has 196 valence electrons. The van der Waals surface area contributed by atoms with E-state index in [1.807, 2.05) is 0 Å². The topological polar surface area (TPSA) is 101 Å². The van der Waals surface area contributed by atoms with Gasteiger partial charge in [-0.25, -0.2) is 9.37 Å². The summed E-state index contributed by atoms with van der Waals surface area (Å²) in [6.07, 6.45) is -6.10. The van der Waals surface area contributed by atoms with Crippen molar-refractivity contribution in [2.24, 2.45) is 0 Å². The number of benzene rings is 1. The van der Waals surface area contributed by atoms with E-state index in [1.54, 1.807) is 6.08 Å². The minimum absolute atomic E-state index is 0.108. The number of nitrogens with zero attached hydrogens (tertiary/aromatic N) is 4. The second-order valence-corrected chi connectivity index (χ2v) is 8.78. The van der Waals surface area contributed by atoms with Crippen LogP contribution < -0.4 is 10.6 Å². The van der Waals surface area contributed by atoms with E-state index in [0.717, 1.165) is 12.1 Å². The standard InChI is InChI=1S/C23H18F7N5O2/c24-15-7-6-11-3-1-4-12-5-2-8-35(12)18-14(22(25,26)27)10-16(31)17(32-18)19-33-34-20(37-19)21(36,13(15)9-11)23(28,29)30/h1,3,6-7,9-10,12,36H,2,4-5,8,31H2/t12-,21+/m1/s1. The number of aliphatic hydroxyl groups is 1. The van der Waals surface area contributed by atoms with Crippen molar-refractivity contribution in [2.45, 2.75) is 43.3 Å². The third-order valence-corrected chi connectivity index (χ3v) is 6.43. The number of nitrogen functional groups attached to an aromatic ring is 1. The number of hydrogen-bond acceptors (Lipinski definition) is 7. The van der Waals surface area contributed by atoms with Crippen LogP contribution in [0.2, 0.25) is 0 Å². The van der Waals surface area contributed by atoms with Gasteiger partial charge in [-0.3, -0.25) is 0 Å². The highest BCUT2D eigenvalue weighted by Gasteiger charge is 2.61. The first-order valence-electron chi connectivity index (χ1n) is 11.0. The van der Waals surface area contributed by atoms with Crippen molar-refractivity contribution in [1.29, 1.82) is 0 Å². The number of pyridine rings is 1. The molecular weight excluding hydrogens is 511 g/mol. The molecule has 3 aromatic rings. The fourth-order valence-corrected chi connectivity index (χ4v) is 4.62. The molecule has 0 aliphatic carbocycles. The summed E-state index contributed by atoms with van der Waals surface area (Å²) in [6.45, 7) is 0.238. The normalized spacial score (nSPS) is 21.9. The lowest BCUT2D eigenvalue weighted by molar-refractivity contribution is -0.256. The van der Waals surface area contributed by atoms with E-state index in [9.17, 15) is 35.8 Å². The quantitative estimate of drug-likeness (QED) is 0.393. The minimum Gasteiger partial charge on any atom is -0.415 e. The first-order chi connectivity index (χ1) is 17.3. The maximum Gasteiger partial charge on any atom is 0.430 e. The maximum atomic E-state index is 14.7. The lowest BCUT2D eigenvalue weighted by atomic mass is 9.90. The zero-order chi connectivity index (χ0) is 26.8. The predicted octanol–water partition coefficient (Wildman–Crippen LogP) is 5.06. The molecular formula is C23H18F7N5O2. The second kappa shape index (κ2) is 8.43. The van der Waals surface area contributed by atoms with Gasteiger partial charge >= 0.3 is 12.4 Å². The number of rotatable bonds is 0. The fraction of sp³-hybridized carbons (Fsp3) is 0.348. The smallest absolute Gasteiger partial charge is 0.415 e. The molecule has 6 bridgehead atoms. The van der Waals surface area contributed by atoms with Crippen LogP contribution in [-0.2, 0) is 11.8 Å². The van der Waals surface area contributed by atoms with Gasteiger partial charge in [-0.05, 0) is 43.0 Å². The number of anilines is 2. The Hall–Kier alpha value is -3.68. The van der Waals surface area contributed by atoms with Gasteiger partial charge in [0, 0.05) is 18.2 Å². The highest BCUT2D eigenvalue weighted by atomic mass is 19.4. The predicted molar refractivity (Wildman–Crippen MR) is 116 cm³/mol. The highest BCUT2D eigenvalue weighted by molar-refractivity contribution is 5.72. The number of aromatic nitrogens is 3. The van der Waals surface area contributed by atoms with Gasteiger partial charge < -0.3 is 20.2 Å². The molecule has 2 aliphatic heterocycles. The van der Waals surface area contributed by atoms with Gasteiger partial charge in [0.2, 0.25) is 0 Å². The zero-order valence-electron chi connectivity index (χ0n) is 18.7. The highest BCUT2D eigenvalue weighted by Crippen LogP contribution is 2.47. The van der Waals surface area contributed by atoms with Crippen LogP contribution in [0.5, 0.6) is 0 Å². The van der Waals surface area contributed by atoms with E-state index >= 15 is 0 Å². The lowest BCUT2D eigenvalue weighted by Crippen LogP contribution is -2.44. The number of nitrogens with two attached hydrogens (primary N) is 1. The van der Waals surface area contributed by atoms with Crippen LogP contribution in [0.15, 0.2) is 34.8 Å². The molecule has 1 aromatic carbocycles. The second-order valence-electron chi connectivity index (χ2n) is 8.78. The maximum absolute atomic E-state index is 14.7. The van der Waals surface area contributed by atoms with E-state index in [-0.39, 0.29) is 18.5 Å². The van der Waals surface area contributed by atoms with E-state index < -0.39 is 69.9 Å². The largest absolute Gasteiger partial charge is 0.430 e. The summed E-state index contributed by atoms with van der Waals surface area (Å²) in [5.41, 5.74) is -1.58. The Labute approximate surface area is 204 Å². The van der Waals surface area contributed by atoms with Crippen LogP contribution in [0, 0.1) is 5.82 Å². The van der Waals surface area contributed by atoms with Crippen LogP contribution in [-0.4, -0.2) is 39.1 Å². The van der Waals surface area contributed by atoms with Crippen molar-refractivity contribution in [3.63, 3.8) is 0 Å². The molecule has 1 fully saturated rings. The minimum atomic E-state index is -5.53. The molecule has 0 amide bonds. The summed E-state index contributed by atoms with van der Waals surface area (Å²) in [5, 5.41) is 17.5. The summed E-state index contributed by atoms with van der Waals surface area (Å²) >= 11 is 0. The van der Waals surface area contributed by atoms with Crippen LogP contribution in [0.3, 0.4) is 0 Å². The molecule has 2 aliphatic rings.